The molecule has 0 amide bonds. The summed E-state index contributed by atoms with van der Waals surface area (Å²) in [6.45, 7) is 0.908. The van der Waals surface area contributed by atoms with Gasteiger partial charge in [-0.3, -0.25) is 0 Å². The summed E-state index contributed by atoms with van der Waals surface area (Å²) in [5.41, 5.74) is 4.01. The smallest absolute Gasteiger partial charge is 0.141 e. The summed E-state index contributed by atoms with van der Waals surface area (Å²) >= 11 is 0. The number of nitrogens with one attached hydrogen (secondary N) is 1. The van der Waals surface area contributed by atoms with Crippen LogP contribution in [0, 0.1) is 5.82 Å². The van der Waals surface area contributed by atoms with Crippen molar-refractivity contribution in [2.45, 2.75) is 38.8 Å². The third kappa shape index (κ3) is 4.11. The van der Waals surface area contributed by atoms with Gasteiger partial charge in [0.1, 0.15) is 35.4 Å². The fraction of sp³-hybridized carbons (Fsp3) is 0.318. The minimum absolute atomic E-state index is 0.314. The van der Waals surface area contributed by atoms with E-state index in [2.05, 4.69) is 10.5 Å². The monoisotopic (exact) mass is 382 g/mol. The first-order chi connectivity index (χ1) is 13.7. The van der Waals surface area contributed by atoms with E-state index in [4.69, 9.17) is 14.0 Å². The average Bonchev–Trinajstić information content (AvgIpc) is 3.14. The molecule has 0 unspecified atom stereocenters. The molecule has 0 aliphatic heterocycles. The molecule has 146 valence electrons. The van der Waals surface area contributed by atoms with Crippen LogP contribution in [0.4, 0.5) is 10.1 Å². The molecule has 0 saturated heterocycles. The molecular weight excluding hydrogens is 359 g/mol. The normalized spacial score (nSPS) is 13.1. The number of hydrogen-bond acceptors (Lipinski definition) is 5. The van der Waals surface area contributed by atoms with E-state index in [1.165, 1.54) is 24.1 Å². The minimum Gasteiger partial charge on any atom is -0.495 e. The van der Waals surface area contributed by atoms with E-state index >= 15 is 0 Å². The number of aryl methyl sites for hydroxylation is 1. The van der Waals surface area contributed by atoms with Gasteiger partial charge in [-0.05, 0) is 49.1 Å². The van der Waals surface area contributed by atoms with Crippen molar-refractivity contribution in [1.29, 1.82) is 0 Å². The maximum absolute atomic E-state index is 13.3. The van der Waals surface area contributed by atoms with Crippen LogP contribution < -0.4 is 14.8 Å². The third-order valence-corrected chi connectivity index (χ3v) is 4.94. The lowest BCUT2D eigenvalue weighted by Gasteiger charge is -2.14. The standard InChI is InChI=1S/C22H23FN2O3/c1-26-22-10-9-15(14-27-17-6-4-5-16(23)12-17)11-19(22)24-13-20-18-7-2-3-8-21(18)28-25-20/h4-6,9-12,24H,2-3,7-8,13-14H2,1H3. The molecular formula is C22H23FN2O3. The van der Waals surface area contributed by atoms with Gasteiger partial charge < -0.3 is 19.3 Å². The summed E-state index contributed by atoms with van der Waals surface area (Å²) in [5, 5.41) is 7.64. The molecule has 1 aliphatic carbocycles. The molecule has 6 heteroatoms. The number of aromatic nitrogens is 1. The second-order valence-electron chi connectivity index (χ2n) is 6.87. The van der Waals surface area contributed by atoms with E-state index in [-0.39, 0.29) is 5.82 Å². The zero-order chi connectivity index (χ0) is 19.3. The molecule has 2 aromatic carbocycles. The molecule has 1 N–H and O–H groups in total. The number of halogens is 1. The highest BCUT2D eigenvalue weighted by Gasteiger charge is 2.19. The summed E-state index contributed by atoms with van der Waals surface area (Å²) in [6.07, 6.45) is 4.33. The van der Waals surface area contributed by atoms with Crippen LogP contribution in [0.1, 0.15) is 35.4 Å². The molecule has 5 nitrogen and oxygen atoms in total. The molecule has 1 aromatic heterocycles. The van der Waals surface area contributed by atoms with E-state index < -0.39 is 0 Å². The van der Waals surface area contributed by atoms with Gasteiger partial charge in [0.25, 0.3) is 0 Å². The van der Waals surface area contributed by atoms with Gasteiger partial charge in [-0.25, -0.2) is 4.39 Å². The number of nitrogens with zero attached hydrogens (tertiary/aromatic N) is 1. The highest BCUT2D eigenvalue weighted by Crippen LogP contribution is 2.29. The van der Waals surface area contributed by atoms with Crippen LogP contribution in [0.2, 0.25) is 0 Å². The lowest BCUT2D eigenvalue weighted by molar-refractivity contribution is 0.304. The zero-order valence-corrected chi connectivity index (χ0v) is 15.8. The van der Waals surface area contributed by atoms with Gasteiger partial charge >= 0.3 is 0 Å². The Labute approximate surface area is 163 Å². The second-order valence-corrected chi connectivity index (χ2v) is 6.87. The van der Waals surface area contributed by atoms with Crippen LogP contribution in [-0.2, 0) is 26.0 Å². The Hall–Kier alpha value is -3.02. The number of methoxy groups -OCH3 is 1. The lowest BCUT2D eigenvalue weighted by atomic mass is 9.96. The summed E-state index contributed by atoms with van der Waals surface area (Å²) in [6, 6.07) is 11.9. The fourth-order valence-corrected chi connectivity index (χ4v) is 3.47. The second kappa shape index (κ2) is 8.33. The maximum Gasteiger partial charge on any atom is 0.141 e. The van der Waals surface area contributed by atoms with Gasteiger partial charge in [-0.15, -0.1) is 0 Å². The molecule has 3 aromatic rings. The topological polar surface area (TPSA) is 56.5 Å². The van der Waals surface area contributed by atoms with Crippen molar-refractivity contribution < 1.29 is 18.4 Å². The third-order valence-electron chi connectivity index (χ3n) is 4.94. The van der Waals surface area contributed by atoms with Crippen molar-refractivity contribution in [3.63, 3.8) is 0 Å². The molecule has 0 fully saturated rings. The highest BCUT2D eigenvalue weighted by molar-refractivity contribution is 5.58. The molecule has 4 rings (SSSR count). The highest BCUT2D eigenvalue weighted by atomic mass is 19.1. The number of ether oxygens (including phenoxy) is 2. The van der Waals surface area contributed by atoms with Gasteiger partial charge in [-0.1, -0.05) is 17.3 Å². The molecule has 0 saturated carbocycles. The van der Waals surface area contributed by atoms with Crippen LogP contribution in [0.15, 0.2) is 47.0 Å². The molecule has 0 radical (unpaired) electrons. The van der Waals surface area contributed by atoms with Gasteiger partial charge in [0.15, 0.2) is 0 Å². The Morgan fingerprint density at radius 2 is 2.04 bits per heavy atom. The fourth-order valence-electron chi connectivity index (χ4n) is 3.47. The van der Waals surface area contributed by atoms with Crippen LogP contribution in [-0.4, -0.2) is 12.3 Å². The molecule has 28 heavy (non-hydrogen) atoms. The molecule has 1 aliphatic rings. The van der Waals surface area contributed by atoms with E-state index in [0.717, 1.165) is 47.7 Å². The number of rotatable bonds is 7. The van der Waals surface area contributed by atoms with Crippen molar-refractivity contribution in [3.8, 4) is 11.5 Å². The van der Waals surface area contributed by atoms with Crippen LogP contribution in [0.3, 0.4) is 0 Å². The maximum atomic E-state index is 13.3. The number of fused-ring (bicyclic) bond motifs is 1. The molecule has 1 heterocycles. The van der Waals surface area contributed by atoms with Gasteiger partial charge in [-0.2, -0.15) is 0 Å². The summed E-state index contributed by atoms with van der Waals surface area (Å²) in [4.78, 5) is 0. The summed E-state index contributed by atoms with van der Waals surface area (Å²) in [7, 11) is 1.64. The van der Waals surface area contributed by atoms with Crippen LogP contribution in [0.25, 0.3) is 0 Å². The Bertz CT molecular complexity index is 955. The van der Waals surface area contributed by atoms with Crippen molar-refractivity contribution in [2.75, 3.05) is 12.4 Å². The number of anilines is 1. The Kier molecular flexibility index (Phi) is 5.46. The lowest BCUT2D eigenvalue weighted by Crippen LogP contribution is -2.07. The molecule has 0 spiro atoms. The van der Waals surface area contributed by atoms with E-state index in [9.17, 15) is 4.39 Å². The summed E-state index contributed by atoms with van der Waals surface area (Å²) in [5.74, 6) is 1.95. The largest absolute Gasteiger partial charge is 0.495 e. The Balaban J connectivity index is 1.45. The predicted octanol–water partition coefficient (Wildman–Crippen LogP) is 4.89. The molecule has 0 bridgehead atoms. The molecule has 0 atom stereocenters. The zero-order valence-electron chi connectivity index (χ0n) is 15.8. The quantitative estimate of drug-likeness (QED) is 0.630. The average molecular weight is 382 g/mol. The van der Waals surface area contributed by atoms with E-state index in [0.29, 0.717) is 18.9 Å². The van der Waals surface area contributed by atoms with Crippen molar-refractivity contribution in [3.05, 3.63) is 70.9 Å². The van der Waals surface area contributed by atoms with Crippen LogP contribution in [0.5, 0.6) is 11.5 Å². The number of hydrogen-bond donors (Lipinski definition) is 1. The first-order valence-corrected chi connectivity index (χ1v) is 9.48. The Morgan fingerprint density at radius 3 is 2.89 bits per heavy atom. The van der Waals surface area contributed by atoms with E-state index in [1.807, 2.05) is 18.2 Å². The summed E-state index contributed by atoms with van der Waals surface area (Å²) < 4.78 is 29.9. The van der Waals surface area contributed by atoms with Gasteiger partial charge in [0.2, 0.25) is 0 Å². The predicted molar refractivity (Wildman–Crippen MR) is 104 cm³/mol. The van der Waals surface area contributed by atoms with Crippen molar-refractivity contribution in [1.82, 2.24) is 5.16 Å². The van der Waals surface area contributed by atoms with Crippen molar-refractivity contribution in [2.24, 2.45) is 0 Å². The number of benzene rings is 2. The Morgan fingerprint density at radius 1 is 1.14 bits per heavy atom. The first-order valence-electron chi connectivity index (χ1n) is 9.48. The SMILES string of the molecule is COc1ccc(COc2cccc(F)c2)cc1NCc1noc2c1CCCC2. The van der Waals surface area contributed by atoms with Gasteiger partial charge in [0.05, 0.1) is 19.3 Å². The van der Waals surface area contributed by atoms with Crippen molar-refractivity contribution >= 4 is 5.69 Å². The van der Waals surface area contributed by atoms with E-state index in [1.54, 1.807) is 19.2 Å². The minimum atomic E-state index is -0.314. The van der Waals surface area contributed by atoms with Gasteiger partial charge in [0, 0.05) is 18.1 Å². The first kappa shape index (κ1) is 18.3. The van der Waals surface area contributed by atoms with Crippen LogP contribution >= 0.6 is 0 Å².